The van der Waals surface area contributed by atoms with Crippen molar-refractivity contribution in [1.29, 1.82) is 5.26 Å². The number of benzene rings is 1. The molecule has 6 heteroatoms. The highest BCUT2D eigenvalue weighted by atomic mass is 19.4. The minimum absolute atomic E-state index is 0.192. The molecule has 1 fully saturated rings. The van der Waals surface area contributed by atoms with Gasteiger partial charge in [-0.3, -0.25) is 0 Å². The third-order valence-corrected chi connectivity index (χ3v) is 3.11. The second kappa shape index (κ2) is 5.49. The molecule has 0 spiro atoms. The van der Waals surface area contributed by atoms with Crippen LogP contribution in [0.3, 0.4) is 0 Å². The van der Waals surface area contributed by atoms with Crippen molar-refractivity contribution in [2.75, 3.05) is 18.4 Å². The summed E-state index contributed by atoms with van der Waals surface area (Å²) in [5.41, 5.74) is -0.679. The number of anilines is 1. The Bertz CT molecular complexity index is 485. The van der Waals surface area contributed by atoms with Gasteiger partial charge in [0.05, 0.1) is 17.2 Å². The van der Waals surface area contributed by atoms with Gasteiger partial charge in [0, 0.05) is 18.3 Å². The number of alkyl halides is 3. The van der Waals surface area contributed by atoms with E-state index in [1.54, 1.807) is 6.07 Å². The highest BCUT2D eigenvalue weighted by Crippen LogP contribution is 2.33. The topological polar surface area (TPSA) is 47.9 Å². The van der Waals surface area contributed by atoms with Crippen molar-refractivity contribution in [1.82, 2.24) is 5.32 Å². The Hall–Kier alpha value is -1.74. The van der Waals surface area contributed by atoms with Crippen LogP contribution in [-0.4, -0.2) is 19.1 Å². The first-order valence-electron chi connectivity index (χ1n) is 6.09. The summed E-state index contributed by atoms with van der Waals surface area (Å²) in [6.07, 6.45) is -2.49. The standard InChI is InChI=1S/C13H14F3N3/c14-13(15,16)12-4-3-10(6-9(12)7-17)19-11-2-1-5-18-8-11/h3-4,6,11,18-19H,1-2,5,8H2. The quantitative estimate of drug-likeness (QED) is 0.868. The number of nitrogens with one attached hydrogen (secondary N) is 2. The van der Waals surface area contributed by atoms with E-state index < -0.39 is 11.7 Å². The fraction of sp³-hybridized carbons (Fsp3) is 0.462. The van der Waals surface area contributed by atoms with Crippen molar-refractivity contribution >= 4 is 5.69 Å². The molecule has 0 saturated carbocycles. The first-order valence-corrected chi connectivity index (χ1v) is 6.09. The summed E-state index contributed by atoms with van der Waals surface area (Å²) in [7, 11) is 0. The van der Waals surface area contributed by atoms with Gasteiger partial charge < -0.3 is 10.6 Å². The van der Waals surface area contributed by atoms with E-state index in [1.165, 1.54) is 12.1 Å². The summed E-state index contributed by atoms with van der Waals surface area (Å²) < 4.78 is 37.9. The summed E-state index contributed by atoms with van der Waals surface area (Å²) in [4.78, 5) is 0. The second-order valence-electron chi connectivity index (χ2n) is 4.56. The zero-order valence-electron chi connectivity index (χ0n) is 10.2. The van der Waals surface area contributed by atoms with Crippen molar-refractivity contribution in [2.24, 2.45) is 0 Å². The monoisotopic (exact) mass is 269 g/mol. The molecule has 1 aliphatic rings. The van der Waals surface area contributed by atoms with E-state index in [-0.39, 0.29) is 11.6 Å². The Morgan fingerprint density at radius 1 is 1.37 bits per heavy atom. The maximum atomic E-state index is 12.6. The molecule has 1 saturated heterocycles. The molecule has 1 aliphatic heterocycles. The van der Waals surface area contributed by atoms with Crippen molar-refractivity contribution in [3.63, 3.8) is 0 Å². The van der Waals surface area contributed by atoms with E-state index >= 15 is 0 Å². The number of halogens is 3. The smallest absolute Gasteiger partial charge is 0.381 e. The molecule has 1 heterocycles. The number of hydrogen-bond acceptors (Lipinski definition) is 3. The maximum absolute atomic E-state index is 12.6. The van der Waals surface area contributed by atoms with Crippen LogP contribution in [0.25, 0.3) is 0 Å². The van der Waals surface area contributed by atoms with Gasteiger partial charge in [-0.25, -0.2) is 0 Å². The predicted octanol–water partition coefficient (Wildman–Crippen LogP) is 2.74. The predicted molar refractivity (Wildman–Crippen MR) is 65.7 cm³/mol. The van der Waals surface area contributed by atoms with Gasteiger partial charge in [-0.05, 0) is 37.6 Å². The highest BCUT2D eigenvalue weighted by Gasteiger charge is 2.33. The molecule has 2 rings (SSSR count). The SMILES string of the molecule is N#Cc1cc(NC2CCCNC2)ccc1C(F)(F)F. The van der Waals surface area contributed by atoms with Gasteiger partial charge >= 0.3 is 6.18 Å². The molecular formula is C13H14F3N3. The second-order valence-corrected chi connectivity index (χ2v) is 4.56. The summed E-state index contributed by atoms with van der Waals surface area (Å²) in [6.45, 7) is 1.75. The molecule has 0 amide bonds. The summed E-state index contributed by atoms with van der Waals surface area (Å²) in [5.74, 6) is 0. The zero-order valence-corrected chi connectivity index (χ0v) is 10.2. The largest absolute Gasteiger partial charge is 0.417 e. The fourth-order valence-electron chi connectivity index (χ4n) is 2.18. The number of piperidine rings is 1. The Morgan fingerprint density at radius 2 is 2.16 bits per heavy atom. The van der Waals surface area contributed by atoms with Crippen molar-refractivity contribution in [2.45, 2.75) is 25.1 Å². The van der Waals surface area contributed by atoms with Gasteiger partial charge in [0.25, 0.3) is 0 Å². The molecule has 1 atom stereocenters. The van der Waals surface area contributed by atoms with Crippen molar-refractivity contribution in [3.05, 3.63) is 29.3 Å². The third-order valence-electron chi connectivity index (χ3n) is 3.11. The Kier molecular flexibility index (Phi) is 3.96. The van der Waals surface area contributed by atoms with E-state index in [0.29, 0.717) is 5.69 Å². The van der Waals surface area contributed by atoms with E-state index in [1.807, 2.05) is 0 Å². The lowest BCUT2D eigenvalue weighted by molar-refractivity contribution is -0.137. The lowest BCUT2D eigenvalue weighted by atomic mass is 10.0. The first kappa shape index (κ1) is 13.7. The molecule has 0 aromatic heterocycles. The fourth-order valence-corrected chi connectivity index (χ4v) is 2.18. The number of nitrogens with zero attached hydrogens (tertiary/aromatic N) is 1. The van der Waals surface area contributed by atoms with Crippen LogP contribution in [-0.2, 0) is 6.18 Å². The lowest BCUT2D eigenvalue weighted by Crippen LogP contribution is -2.38. The summed E-state index contributed by atoms with van der Waals surface area (Å²) in [5, 5.41) is 15.2. The average molecular weight is 269 g/mol. The zero-order chi connectivity index (χ0) is 13.9. The van der Waals surface area contributed by atoms with Gasteiger partial charge in [0.1, 0.15) is 0 Å². The number of hydrogen-bond donors (Lipinski definition) is 2. The van der Waals surface area contributed by atoms with Crippen molar-refractivity contribution < 1.29 is 13.2 Å². The molecule has 1 aromatic rings. The molecular weight excluding hydrogens is 255 g/mol. The Labute approximate surface area is 109 Å². The Morgan fingerprint density at radius 3 is 2.74 bits per heavy atom. The van der Waals surface area contributed by atoms with Crippen molar-refractivity contribution in [3.8, 4) is 6.07 Å². The molecule has 0 aliphatic carbocycles. The van der Waals surface area contributed by atoms with Crippen LogP contribution >= 0.6 is 0 Å². The van der Waals surface area contributed by atoms with Gasteiger partial charge in [0.2, 0.25) is 0 Å². The molecule has 3 nitrogen and oxygen atoms in total. The molecule has 1 unspecified atom stereocenters. The number of nitriles is 1. The average Bonchev–Trinajstić information content (AvgIpc) is 2.38. The summed E-state index contributed by atoms with van der Waals surface area (Å²) in [6, 6.07) is 5.39. The van der Waals surface area contributed by atoms with Crippen LogP contribution in [0.4, 0.5) is 18.9 Å². The molecule has 2 N–H and O–H groups in total. The Balaban J connectivity index is 2.17. The molecule has 0 bridgehead atoms. The van der Waals surface area contributed by atoms with Crippen LogP contribution in [0.15, 0.2) is 18.2 Å². The molecule has 1 aromatic carbocycles. The normalized spacial score (nSPS) is 19.8. The first-order chi connectivity index (χ1) is 9.00. The van der Waals surface area contributed by atoms with E-state index in [9.17, 15) is 13.2 Å². The van der Waals surface area contributed by atoms with E-state index in [0.717, 1.165) is 32.0 Å². The van der Waals surface area contributed by atoms with Crippen LogP contribution < -0.4 is 10.6 Å². The minimum Gasteiger partial charge on any atom is -0.381 e. The third kappa shape index (κ3) is 3.38. The van der Waals surface area contributed by atoms with Gasteiger partial charge in [0.15, 0.2) is 0 Å². The molecule has 0 radical (unpaired) electrons. The molecule has 102 valence electrons. The number of rotatable bonds is 2. The summed E-state index contributed by atoms with van der Waals surface area (Å²) >= 11 is 0. The minimum atomic E-state index is -4.49. The van der Waals surface area contributed by atoms with Crippen LogP contribution in [0, 0.1) is 11.3 Å². The molecule has 19 heavy (non-hydrogen) atoms. The highest BCUT2D eigenvalue weighted by molar-refractivity contribution is 5.54. The van der Waals surface area contributed by atoms with Crippen LogP contribution in [0.1, 0.15) is 24.0 Å². The van der Waals surface area contributed by atoms with E-state index in [4.69, 9.17) is 5.26 Å². The maximum Gasteiger partial charge on any atom is 0.417 e. The van der Waals surface area contributed by atoms with E-state index in [2.05, 4.69) is 10.6 Å². The van der Waals surface area contributed by atoms with Gasteiger partial charge in [-0.15, -0.1) is 0 Å². The van der Waals surface area contributed by atoms with Crippen LogP contribution in [0.5, 0.6) is 0 Å². The van der Waals surface area contributed by atoms with Gasteiger partial charge in [-0.1, -0.05) is 0 Å². The lowest BCUT2D eigenvalue weighted by Gasteiger charge is -2.25. The van der Waals surface area contributed by atoms with Crippen LogP contribution in [0.2, 0.25) is 0 Å². The van der Waals surface area contributed by atoms with Gasteiger partial charge in [-0.2, -0.15) is 18.4 Å².